The smallest absolute Gasteiger partial charge is 0.158 e. The number of rotatable bonds is 0. The third-order valence-corrected chi connectivity index (χ3v) is 3.90. The van der Waals surface area contributed by atoms with Crippen molar-refractivity contribution >= 4 is 5.65 Å². The number of aryl methyl sites for hydroxylation is 2. The molecule has 0 aliphatic carbocycles. The molecule has 20 heavy (non-hydrogen) atoms. The molecule has 2 rings (SSSR count). The zero-order valence-electron chi connectivity index (χ0n) is 14.3. The van der Waals surface area contributed by atoms with E-state index in [0.29, 0.717) is 0 Å². The molecule has 110 valence electrons. The molecule has 0 amide bonds. The summed E-state index contributed by atoms with van der Waals surface area (Å²) >= 11 is 0. The molecule has 2 aromatic heterocycles. The summed E-state index contributed by atoms with van der Waals surface area (Å²) in [5, 5.41) is 4.91. The Kier molecular flexibility index (Phi) is 3.23. The van der Waals surface area contributed by atoms with Crippen LogP contribution in [0.1, 0.15) is 69.8 Å². The maximum absolute atomic E-state index is 4.91. The van der Waals surface area contributed by atoms with Crippen molar-refractivity contribution in [1.82, 2.24) is 14.6 Å². The van der Waals surface area contributed by atoms with Crippen LogP contribution in [0.25, 0.3) is 5.65 Å². The summed E-state index contributed by atoms with van der Waals surface area (Å²) in [6.45, 7) is 19.7. The van der Waals surface area contributed by atoms with Crippen LogP contribution in [-0.2, 0) is 10.8 Å². The second kappa shape index (κ2) is 4.31. The van der Waals surface area contributed by atoms with E-state index in [4.69, 9.17) is 10.1 Å². The van der Waals surface area contributed by atoms with E-state index in [1.807, 2.05) is 0 Å². The van der Waals surface area contributed by atoms with E-state index in [0.717, 1.165) is 17.0 Å². The van der Waals surface area contributed by atoms with Gasteiger partial charge in [0.05, 0.1) is 11.4 Å². The lowest BCUT2D eigenvalue weighted by molar-refractivity contribution is 0.523. The van der Waals surface area contributed by atoms with Crippen LogP contribution >= 0.6 is 0 Å². The van der Waals surface area contributed by atoms with Gasteiger partial charge in [0.15, 0.2) is 5.65 Å². The number of fused-ring (bicyclic) bond motifs is 1. The molecule has 0 saturated heterocycles. The lowest BCUT2D eigenvalue weighted by Gasteiger charge is -2.23. The quantitative estimate of drug-likeness (QED) is 0.718. The predicted molar refractivity (Wildman–Crippen MR) is 84.6 cm³/mol. The molecule has 0 fully saturated rings. The number of hydrogen-bond acceptors (Lipinski definition) is 2. The molecule has 2 aromatic rings. The van der Waals surface area contributed by atoms with Gasteiger partial charge in [0.25, 0.3) is 0 Å². The molecule has 2 heterocycles. The Morgan fingerprint density at radius 1 is 0.800 bits per heavy atom. The molecule has 0 spiro atoms. The fourth-order valence-electron chi connectivity index (χ4n) is 2.94. The first kappa shape index (κ1) is 15.0. The minimum absolute atomic E-state index is 0.0365. The average Bonchev–Trinajstić information content (AvgIpc) is 2.55. The molecular formula is C17H27N3. The summed E-state index contributed by atoms with van der Waals surface area (Å²) in [6.07, 6.45) is 0. The predicted octanol–water partition coefficient (Wildman–Crippen LogP) is 4.25. The van der Waals surface area contributed by atoms with Crippen molar-refractivity contribution in [2.24, 2.45) is 0 Å². The van der Waals surface area contributed by atoms with E-state index in [1.165, 1.54) is 16.8 Å². The minimum Gasteiger partial charge on any atom is -0.233 e. The van der Waals surface area contributed by atoms with Crippen LogP contribution in [0.15, 0.2) is 0 Å². The van der Waals surface area contributed by atoms with Crippen LogP contribution in [0.3, 0.4) is 0 Å². The van der Waals surface area contributed by atoms with Gasteiger partial charge in [0, 0.05) is 22.1 Å². The zero-order chi connectivity index (χ0) is 15.5. The Morgan fingerprint density at radius 2 is 1.35 bits per heavy atom. The third-order valence-electron chi connectivity index (χ3n) is 3.90. The third kappa shape index (κ3) is 2.23. The van der Waals surface area contributed by atoms with Crippen molar-refractivity contribution in [1.29, 1.82) is 0 Å². The van der Waals surface area contributed by atoms with Gasteiger partial charge in [-0.3, -0.25) is 0 Å². The fraction of sp³-hybridized carbons (Fsp3) is 0.647. The molecule has 0 unspecified atom stereocenters. The summed E-state index contributed by atoms with van der Waals surface area (Å²) < 4.78 is 2.07. The van der Waals surface area contributed by atoms with Gasteiger partial charge in [-0.15, -0.1) is 0 Å². The molecule has 0 aliphatic rings. The van der Waals surface area contributed by atoms with Gasteiger partial charge in [-0.05, 0) is 26.3 Å². The maximum atomic E-state index is 4.91. The van der Waals surface area contributed by atoms with E-state index < -0.39 is 0 Å². The Hall–Kier alpha value is -1.38. The van der Waals surface area contributed by atoms with Crippen LogP contribution in [0.2, 0.25) is 0 Å². The molecule has 3 heteroatoms. The van der Waals surface area contributed by atoms with E-state index in [1.54, 1.807) is 0 Å². The summed E-state index contributed by atoms with van der Waals surface area (Å²) in [6, 6.07) is 0. The summed E-state index contributed by atoms with van der Waals surface area (Å²) in [5.41, 5.74) is 7.03. The second-order valence-corrected chi connectivity index (χ2v) is 7.88. The highest BCUT2D eigenvalue weighted by Gasteiger charge is 2.28. The largest absolute Gasteiger partial charge is 0.233 e. The molecule has 0 saturated carbocycles. The topological polar surface area (TPSA) is 30.2 Å². The Labute approximate surface area is 122 Å². The van der Waals surface area contributed by atoms with Gasteiger partial charge in [-0.25, -0.2) is 9.50 Å². The van der Waals surface area contributed by atoms with Crippen molar-refractivity contribution in [3.05, 3.63) is 28.2 Å². The first-order valence-electron chi connectivity index (χ1n) is 7.32. The highest BCUT2D eigenvalue weighted by atomic mass is 15.3. The molecule has 0 radical (unpaired) electrons. The van der Waals surface area contributed by atoms with Crippen molar-refractivity contribution < 1.29 is 0 Å². The highest BCUT2D eigenvalue weighted by Crippen LogP contribution is 2.32. The van der Waals surface area contributed by atoms with Gasteiger partial charge in [0.2, 0.25) is 0 Å². The number of nitrogens with zero attached hydrogens (tertiary/aromatic N) is 3. The van der Waals surface area contributed by atoms with Gasteiger partial charge in [0.1, 0.15) is 0 Å². The Bertz CT molecular complexity index is 664. The lowest BCUT2D eigenvalue weighted by atomic mass is 9.88. The summed E-state index contributed by atoms with van der Waals surface area (Å²) in [4.78, 5) is 4.78. The lowest BCUT2D eigenvalue weighted by Crippen LogP contribution is -2.21. The highest BCUT2D eigenvalue weighted by molar-refractivity contribution is 5.54. The minimum atomic E-state index is 0.0365. The normalized spacial score (nSPS) is 13.2. The van der Waals surface area contributed by atoms with E-state index in [9.17, 15) is 0 Å². The van der Waals surface area contributed by atoms with Crippen LogP contribution < -0.4 is 0 Å². The Morgan fingerprint density at radius 3 is 1.80 bits per heavy atom. The maximum Gasteiger partial charge on any atom is 0.158 e. The van der Waals surface area contributed by atoms with Gasteiger partial charge in [-0.1, -0.05) is 41.5 Å². The first-order valence-corrected chi connectivity index (χ1v) is 7.32. The van der Waals surface area contributed by atoms with Gasteiger partial charge < -0.3 is 0 Å². The summed E-state index contributed by atoms with van der Waals surface area (Å²) in [7, 11) is 0. The molecular weight excluding hydrogens is 246 g/mol. The fourth-order valence-corrected chi connectivity index (χ4v) is 2.94. The SMILES string of the molecule is Cc1nc2c(C)c(C(C)(C)C)nn2c(C(C)(C)C)c1C. The number of aromatic nitrogens is 3. The molecule has 0 N–H and O–H groups in total. The first-order chi connectivity index (χ1) is 8.94. The molecule has 0 aliphatic heterocycles. The van der Waals surface area contributed by atoms with E-state index >= 15 is 0 Å². The van der Waals surface area contributed by atoms with Crippen LogP contribution in [0.4, 0.5) is 0 Å². The standard InChI is InChI=1S/C17H27N3/c1-10-12(3)18-15-11(2)13(16(4,5)6)19-20(15)14(10)17(7,8)9/h1-9H3. The van der Waals surface area contributed by atoms with Crippen molar-refractivity contribution in [2.45, 2.75) is 73.1 Å². The van der Waals surface area contributed by atoms with Gasteiger partial charge in [-0.2, -0.15) is 5.10 Å². The monoisotopic (exact) mass is 273 g/mol. The second-order valence-electron chi connectivity index (χ2n) is 7.88. The van der Waals surface area contributed by atoms with E-state index in [2.05, 4.69) is 66.8 Å². The molecule has 3 nitrogen and oxygen atoms in total. The molecule has 0 aromatic carbocycles. The van der Waals surface area contributed by atoms with Crippen LogP contribution in [0.5, 0.6) is 0 Å². The van der Waals surface area contributed by atoms with Crippen molar-refractivity contribution in [3.8, 4) is 0 Å². The molecule has 0 atom stereocenters. The van der Waals surface area contributed by atoms with Gasteiger partial charge >= 0.3 is 0 Å². The van der Waals surface area contributed by atoms with Crippen molar-refractivity contribution in [2.75, 3.05) is 0 Å². The summed E-state index contributed by atoms with van der Waals surface area (Å²) in [5.74, 6) is 0. The number of hydrogen-bond donors (Lipinski definition) is 0. The zero-order valence-corrected chi connectivity index (χ0v) is 14.3. The van der Waals surface area contributed by atoms with Crippen LogP contribution in [-0.4, -0.2) is 14.6 Å². The molecule has 0 bridgehead atoms. The Balaban J connectivity index is 2.96. The average molecular weight is 273 g/mol. The van der Waals surface area contributed by atoms with Crippen molar-refractivity contribution in [3.63, 3.8) is 0 Å². The van der Waals surface area contributed by atoms with E-state index in [-0.39, 0.29) is 10.8 Å². The van der Waals surface area contributed by atoms with Crippen LogP contribution in [0, 0.1) is 20.8 Å².